The van der Waals surface area contributed by atoms with Gasteiger partial charge in [0.15, 0.2) is 0 Å². The van der Waals surface area contributed by atoms with Crippen molar-refractivity contribution in [1.29, 1.82) is 0 Å². The Kier molecular flexibility index (Phi) is 4.74. The number of carbonyl (C=O) groups is 1. The van der Waals surface area contributed by atoms with Crippen LogP contribution in [0.2, 0.25) is 0 Å². The molecule has 0 saturated heterocycles. The van der Waals surface area contributed by atoms with E-state index in [-0.39, 0.29) is 5.91 Å². The van der Waals surface area contributed by atoms with Gasteiger partial charge in [-0.15, -0.1) is 0 Å². The Bertz CT molecular complexity index is 616. The van der Waals surface area contributed by atoms with Crippen molar-refractivity contribution in [2.45, 2.75) is 12.3 Å². The van der Waals surface area contributed by atoms with Gasteiger partial charge in [-0.2, -0.15) is 0 Å². The first-order valence-corrected chi connectivity index (χ1v) is 6.92. The number of amides is 1. The lowest BCUT2D eigenvalue weighted by molar-refractivity contribution is -0.119. The van der Waals surface area contributed by atoms with E-state index in [2.05, 4.69) is 20.9 Å². The van der Waals surface area contributed by atoms with E-state index in [0.717, 1.165) is 15.6 Å². The second-order valence-corrected chi connectivity index (χ2v) is 5.36. The number of primary amides is 1. The largest absolute Gasteiger partial charge is 0.497 e. The summed E-state index contributed by atoms with van der Waals surface area (Å²) in [5.74, 6) is -0.0551. The molecule has 0 aliphatic heterocycles. The number of nitrogens with two attached hydrogens (primary N) is 1. The molecule has 1 aromatic heterocycles. The van der Waals surface area contributed by atoms with Crippen molar-refractivity contribution in [3.8, 4) is 5.75 Å². The van der Waals surface area contributed by atoms with E-state index in [9.17, 15) is 4.79 Å². The number of pyridine rings is 1. The van der Waals surface area contributed by atoms with Gasteiger partial charge in [0.25, 0.3) is 0 Å². The van der Waals surface area contributed by atoms with E-state index in [1.54, 1.807) is 19.5 Å². The normalized spacial score (nSPS) is 11.9. The standard InChI is InChI=1S/C15H15BrN2O2/c1-20-13-4-2-3-11(7-13)14(15(17)19)6-10-5-12(16)9-18-8-10/h2-5,7-9,14H,6H2,1H3,(H2,17,19). The molecule has 0 aliphatic rings. The highest BCUT2D eigenvalue weighted by Crippen LogP contribution is 2.25. The Balaban J connectivity index is 2.29. The summed E-state index contributed by atoms with van der Waals surface area (Å²) in [5.41, 5.74) is 7.33. The molecule has 1 atom stereocenters. The summed E-state index contributed by atoms with van der Waals surface area (Å²) >= 11 is 3.37. The highest BCUT2D eigenvalue weighted by atomic mass is 79.9. The SMILES string of the molecule is COc1cccc(C(Cc2cncc(Br)c2)C(N)=O)c1. The first kappa shape index (κ1) is 14.5. The molecule has 4 nitrogen and oxygen atoms in total. The van der Waals surface area contributed by atoms with Crippen LogP contribution in [0, 0.1) is 0 Å². The summed E-state index contributed by atoms with van der Waals surface area (Å²) < 4.78 is 6.06. The first-order valence-electron chi connectivity index (χ1n) is 6.13. The van der Waals surface area contributed by atoms with Crippen LogP contribution in [0.4, 0.5) is 0 Å². The smallest absolute Gasteiger partial charge is 0.225 e. The van der Waals surface area contributed by atoms with E-state index >= 15 is 0 Å². The second kappa shape index (κ2) is 6.52. The topological polar surface area (TPSA) is 65.2 Å². The number of carbonyl (C=O) groups excluding carboxylic acids is 1. The predicted octanol–water partition coefficient (Wildman–Crippen LogP) is 2.66. The molecule has 2 rings (SSSR count). The molecule has 0 saturated carbocycles. The van der Waals surface area contributed by atoms with Gasteiger partial charge in [-0.05, 0) is 51.7 Å². The summed E-state index contributed by atoms with van der Waals surface area (Å²) in [6.45, 7) is 0. The molecule has 0 bridgehead atoms. The van der Waals surface area contributed by atoms with E-state index < -0.39 is 5.92 Å². The van der Waals surface area contributed by atoms with Gasteiger partial charge in [0.05, 0.1) is 13.0 Å². The number of nitrogens with zero attached hydrogens (tertiary/aromatic N) is 1. The van der Waals surface area contributed by atoms with Crippen LogP contribution in [0.5, 0.6) is 5.75 Å². The van der Waals surface area contributed by atoms with Gasteiger partial charge in [-0.25, -0.2) is 0 Å². The number of ether oxygens (including phenoxy) is 1. The van der Waals surface area contributed by atoms with Crippen LogP contribution < -0.4 is 10.5 Å². The molecule has 1 amide bonds. The predicted molar refractivity (Wildman–Crippen MR) is 80.6 cm³/mol. The molecule has 1 heterocycles. The minimum Gasteiger partial charge on any atom is -0.497 e. The summed E-state index contributed by atoms with van der Waals surface area (Å²) in [6.07, 6.45) is 3.95. The number of hydrogen-bond acceptors (Lipinski definition) is 3. The number of halogens is 1. The second-order valence-electron chi connectivity index (χ2n) is 4.45. The Hall–Kier alpha value is -1.88. The quantitative estimate of drug-likeness (QED) is 0.914. The molecule has 0 spiro atoms. The minimum absolute atomic E-state index is 0.363. The van der Waals surface area contributed by atoms with E-state index in [1.807, 2.05) is 30.3 Å². The lowest BCUT2D eigenvalue weighted by atomic mass is 9.92. The monoisotopic (exact) mass is 334 g/mol. The van der Waals surface area contributed by atoms with Gasteiger partial charge in [-0.1, -0.05) is 12.1 Å². The number of rotatable bonds is 5. The van der Waals surface area contributed by atoms with Gasteiger partial charge < -0.3 is 10.5 Å². The Morgan fingerprint density at radius 1 is 1.40 bits per heavy atom. The van der Waals surface area contributed by atoms with Crippen molar-refractivity contribution in [1.82, 2.24) is 4.98 Å². The Labute approximate surface area is 126 Å². The lowest BCUT2D eigenvalue weighted by Crippen LogP contribution is -2.23. The molecule has 0 aliphatic carbocycles. The molecule has 2 aromatic rings. The summed E-state index contributed by atoms with van der Waals surface area (Å²) in [6, 6.07) is 9.33. The highest BCUT2D eigenvalue weighted by Gasteiger charge is 2.19. The lowest BCUT2D eigenvalue weighted by Gasteiger charge is -2.14. The van der Waals surface area contributed by atoms with Gasteiger partial charge >= 0.3 is 0 Å². The Morgan fingerprint density at radius 3 is 2.85 bits per heavy atom. The maximum absolute atomic E-state index is 11.7. The van der Waals surface area contributed by atoms with Crippen LogP contribution in [-0.2, 0) is 11.2 Å². The highest BCUT2D eigenvalue weighted by molar-refractivity contribution is 9.10. The van der Waals surface area contributed by atoms with Crippen LogP contribution in [0.15, 0.2) is 47.2 Å². The third-order valence-electron chi connectivity index (χ3n) is 3.04. The molecule has 0 fully saturated rings. The van der Waals surface area contributed by atoms with Crippen LogP contribution in [0.1, 0.15) is 17.0 Å². The summed E-state index contributed by atoms with van der Waals surface area (Å²) in [4.78, 5) is 15.8. The van der Waals surface area contributed by atoms with Gasteiger partial charge in [-0.3, -0.25) is 9.78 Å². The van der Waals surface area contributed by atoms with Gasteiger partial charge in [0, 0.05) is 16.9 Å². The molecular formula is C15H15BrN2O2. The van der Waals surface area contributed by atoms with Crippen molar-refractivity contribution in [3.05, 3.63) is 58.3 Å². The zero-order valence-electron chi connectivity index (χ0n) is 11.0. The minimum atomic E-state index is -0.402. The van der Waals surface area contributed by atoms with E-state index in [1.165, 1.54) is 0 Å². The van der Waals surface area contributed by atoms with Crippen LogP contribution in [0.25, 0.3) is 0 Å². The maximum atomic E-state index is 11.7. The van der Waals surface area contributed by atoms with Crippen molar-refractivity contribution >= 4 is 21.8 Å². The van der Waals surface area contributed by atoms with Crippen LogP contribution in [-0.4, -0.2) is 18.0 Å². The number of benzene rings is 1. The number of aromatic nitrogens is 1. The molecule has 1 unspecified atom stereocenters. The fourth-order valence-corrected chi connectivity index (χ4v) is 2.46. The molecule has 0 radical (unpaired) electrons. The first-order chi connectivity index (χ1) is 9.60. The van der Waals surface area contributed by atoms with Crippen LogP contribution >= 0.6 is 15.9 Å². The molecule has 20 heavy (non-hydrogen) atoms. The fraction of sp³-hybridized carbons (Fsp3) is 0.200. The van der Waals surface area contributed by atoms with Crippen molar-refractivity contribution < 1.29 is 9.53 Å². The summed E-state index contributed by atoms with van der Waals surface area (Å²) in [5, 5.41) is 0. The van der Waals surface area contributed by atoms with Crippen LogP contribution in [0.3, 0.4) is 0 Å². The average molecular weight is 335 g/mol. The zero-order chi connectivity index (χ0) is 14.5. The number of methoxy groups -OCH3 is 1. The van der Waals surface area contributed by atoms with Crippen molar-refractivity contribution in [3.63, 3.8) is 0 Å². The molecule has 1 aromatic carbocycles. The third kappa shape index (κ3) is 3.57. The van der Waals surface area contributed by atoms with Gasteiger partial charge in [0.1, 0.15) is 5.75 Å². The molecule has 5 heteroatoms. The molecule has 104 valence electrons. The summed E-state index contributed by atoms with van der Waals surface area (Å²) in [7, 11) is 1.59. The van der Waals surface area contributed by atoms with Crippen molar-refractivity contribution in [2.24, 2.45) is 5.73 Å². The molecule has 2 N–H and O–H groups in total. The maximum Gasteiger partial charge on any atom is 0.225 e. The van der Waals surface area contributed by atoms with E-state index in [4.69, 9.17) is 10.5 Å². The fourth-order valence-electron chi connectivity index (χ4n) is 2.04. The third-order valence-corrected chi connectivity index (χ3v) is 3.47. The molecular weight excluding hydrogens is 320 g/mol. The van der Waals surface area contributed by atoms with Crippen molar-refractivity contribution in [2.75, 3.05) is 7.11 Å². The number of hydrogen-bond donors (Lipinski definition) is 1. The average Bonchev–Trinajstić information content (AvgIpc) is 2.44. The Morgan fingerprint density at radius 2 is 2.20 bits per heavy atom. The van der Waals surface area contributed by atoms with Gasteiger partial charge in [0.2, 0.25) is 5.91 Å². The van der Waals surface area contributed by atoms with E-state index in [0.29, 0.717) is 12.2 Å². The zero-order valence-corrected chi connectivity index (χ0v) is 12.6.